The largest absolute Gasteiger partial charge is 0.504 e. The molecule has 0 saturated heterocycles. The van der Waals surface area contributed by atoms with E-state index in [9.17, 15) is 19.8 Å². The molecule has 0 bridgehead atoms. The molecule has 0 spiro atoms. The van der Waals surface area contributed by atoms with Crippen molar-refractivity contribution in [2.24, 2.45) is 0 Å². The van der Waals surface area contributed by atoms with Crippen molar-refractivity contribution in [3.63, 3.8) is 0 Å². The molecule has 7 heteroatoms. The Labute approximate surface area is 143 Å². The average molecular weight is 350 g/mol. The van der Waals surface area contributed by atoms with Crippen LogP contribution in [0.25, 0.3) is 0 Å². The van der Waals surface area contributed by atoms with Crippen molar-refractivity contribution >= 4 is 29.2 Å². The number of phenols is 2. The summed E-state index contributed by atoms with van der Waals surface area (Å²) in [6, 6.07) is 7.77. The second kappa shape index (κ2) is 7.23. The summed E-state index contributed by atoms with van der Waals surface area (Å²) in [5.41, 5.74) is 1.54. The van der Waals surface area contributed by atoms with E-state index >= 15 is 0 Å². The Bertz CT molecular complexity index is 804. The predicted octanol–water partition coefficient (Wildman–Crippen LogP) is 3.16. The van der Waals surface area contributed by atoms with Crippen LogP contribution in [0.5, 0.6) is 11.5 Å². The average Bonchev–Trinajstić information content (AvgIpc) is 2.54. The predicted molar refractivity (Wildman–Crippen MR) is 89.6 cm³/mol. The maximum absolute atomic E-state index is 11.9. The van der Waals surface area contributed by atoms with Gasteiger partial charge in [-0.25, -0.2) is 4.79 Å². The van der Waals surface area contributed by atoms with Crippen molar-refractivity contribution < 1.29 is 24.5 Å². The third kappa shape index (κ3) is 3.97. The van der Waals surface area contributed by atoms with E-state index in [1.807, 2.05) is 6.92 Å². The van der Waals surface area contributed by atoms with E-state index in [4.69, 9.17) is 16.3 Å². The summed E-state index contributed by atoms with van der Waals surface area (Å²) >= 11 is 5.96. The molecule has 0 fully saturated rings. The van der Waals surface area contributed by atoms with Gasteiger partial charge in [-0.05, 0) is 43.2 Å². The van der Waals surface area contributed by atoms with Crippen LogP contribution in [0.4, 0.5) is 5.69 Å². The molecule has 6 nitrogen and oxygen atoms in total. The van der Waals surface area contributed by atoms with E-state index in [2.05, 4.69) is 5.32 Å². The lowest BCUT2D eigenvalue weighted by Gasteiger charge is -2.09. The van der Waals surface area contributed by atoms with E-state index in [1.54, 1.807) is 25.1 Å². The first-order valence-electron chi connectivity index (χ1n) is 7.04. The van der Waals surface area contributed by atoms with Gasteiger partial charge in [0.1, 0.15) is 5.56 Å². The summed E-state index contributed by atoms with van der Waals surface area (Å²) < 4.78 is 4.84. The Morgan fingerprint density at radius 1 is 1.08 bits per heavy atom. The van der Waals surface area contributed by atoms with E-state index in [0.717, 1.165) is 5.56 Å². The molecule has 0 aliphatic carbocycles. The number of ether oxygens (including phenoxy) is 1. The van der Waals surface area contributed by atoms with Crippen molar-refractivity contribution in [1.29, 1.82) is 0 Å². The minimum atomic E-state index is -0.917. The van der Waals surface area contributed by atoms with Crippen LogP contribution >= 0.6 is 11.6 Å². The zero-order chi connectivity index (χ0) is 17.9. The standard InChI is InChI=1S/C17H16ClNO5/c1-9-3-5-11(7-13(9)18)19-14(20)8-24-17(23)12-6-4-10(2)15(21)16(12)22/h3-7,21-22H,8H2,1-2H3,(H,19,20). The SMILES string of the molecule is Cc1ccc(NC(=O)COC(=O)c2ccc(C)c(O)c2O)cc1Cl. The second-order valence-corrected chi connectivity index (χ2v) is 5.62. The van der Waals surface area contributed by atoms with Crippen molar-refractivity contribution in [3.8, 4) is 11.5 Å². The first-order chi connectivity index (χ1) is 11.3. The molecule has 1 amide bonds. The maximum atomic E-state index is 11.9. The molecule has 0 aromatic heterocycles. The van der Waals surface area contributed by atoms with Crippen LogP contribution in [-0.2, 0) is 9.53 Å². The number of hydrogen-bond donors (Lipinski definition) is 3. The molecule has 0 unspecified atom stereocenters. The van der Waals surface area contributed by atoms with Crippen LogP contribution in [0.1, 0.15) is 21.5 Å². The number of aromatic hydroxyl groups is 2. The van der Waals surface area contributed by atoms with Gasteiger partial charge in [-0.2, -0.15) is 0 Å². The van der Waals surface area contributed by atoms with Crippen LogP contribution < -0.4 is 5.32 Å². The summed E-state index contributed by atoms with van der Waals surface area (Å²) in [4.78, 5) is 23.7. The summed E-state index contributed by atoms with van der Waals surface area (Å²) in [5, 5.41) is 22.4. The quantitative estimate of drug-likeness (QED) is 0.582. The lowest BCUT2D eigenvalue weighted by molar-refractivity contribution is -0.119. The van der Waals surface area contributed by atoms with Gasteiger partial charge in [-0.3, -0.25) is 4.79 Å². The highest BCUT2D eigenvalue weighted by Crippen LogP contribution is 2.32. The number of nitrogens with one attached hydrogen (secondary N) is 1. The van der Waals surface area contributed by atoms with Gasteiger partial charge >= 0.3 is 5.97 Å². The lowest BCUT2D eigenvalue weighted by atomic mass is 10.1. The number of carbonyl (C=O) groups is 2. The van der Waals surface area contributed by atoms with Crippen LogP contribution in [-0.4, -0.2) is 28.7 Å². The van der Waals surface area contributed by atoms with Crippen LogP contribution in [0.3, 0.4) is 0 Å². The topological polar surface area (TPSA) is 95.9 Å². The molecular formula is C17H16ClNO5. The number of esters is 1. The molecule has 0 radical (unpaired) electrons. The molecule has 0 atom stereocenters. The molecule has 3 N–H and O–H groups in total. The molecule has 2 rings (SSSR count). The van der Waals surface area contributed by atoms with Gasteiger partial charge < -0.3 is 20.3 Å². The molecule has 2 aromatic rings. The number of anilines is 1. The Morgan fingerprint density at radius 3 is 2.42 bits per heavy atom. The van der Waals surface area contributed by atoms with Gasteiger partial charge in [0.05, 0.1) is 0 Å². The fourth-order valence-electron chi connectivity index (χ4n) is 1.92. The number of halogens is 1. The van der Waals surface area contributed by atoms with Gasteiger partial charge in [0.2, 0.25) is 0 Å². The molecular weight excluding hydrogens is 334 g/mol. The molecule has 0 aliphatic heterocycles. The number of hydrogen-bond acceptors (Lipinski definition) is 5. The summed E-state index contributed by atoms with van der Waals surface area (Å²) in [7, 11) is 0. The Morgan fingerprint density at radius 2 is 1.75 bits per heavy atom. The van der Waals surface area contributed by atoms with Crippen molar-refractivity contribution in [2.75, 3.05) is 11.9 Å². The first-order valence-corrected chi connectivity index (χ1v) is 7.42. The Kier molecular flexibility index (Phi) is 5.31. The first kappa shape index (κ1) is 17.6. The van der Waals surface area contributed by atoms with Gasteiger partial charge in [0, 0.05) is 10.7 Å². The number of phenolic OH excluding ortho intramolecular Hbond substituents is 2. The van der Waals surface area contributed by atoms with E-state index in [-0.39, 0.29) is 5.56 Å². The number of aryl methyl sites for hydroxylation is 2. The molecule has 2 aromatic carbocycles. The second-order valence-electron chi connectivity index (χ2n) is 5.22. The van der Waals surface area contributed by atoms with Gasteiger partial charge in [-0.1, -0.05) is 23.7 Å². The number of carbonyl (C=O) groups excluding carboxylic acids is 2. The van der Waals surface area contributed by atoms with Crippen molar-refractivity contribution in [1.82, 2.24) is 0 Å². The number of benzene rings is 2. The van der Waals surface area contributed by atoms with Crippen LogP contribution in [0.15, 0.2) is 30.3 Å². The highest BCUT2D eigenvalue weighted by Gasteiger charge is 2.18. The van der Waals surface area contributed by atoms with Crippen molar-refractivity contribution in [2.45, 2.75) is 13.8 Å². The molecule has 0 aliphatic rings. The Hall–Kier alpha value is -2.73. The molecule has 24 heavy (non-hydrogen) atoms. The van der Waals surface area contributed by atoms with E-state index in [1.165, 1.54) is 12.1 Å². The van der Waals surface area contributed by atoms with E-state index in [0.29, 0.717) is 16.3 Å². The van der Waals surface area contributed by atoms with Crippen LogP contribution in [0.2, 0.25) is 5.02 Å². The number of amides is 1. The fourth-order valence-corrected chi connectivity index (χ4v) is 2.10. The smallest absolute Gasteiger partial charge is 0.342 e. The molecule has 126 valence electrons. The summed E-state index contributed by atoms with van der Waals surface area (Å²) in [6.45, 7) is 2.86. The zero-order valence-electron chi connectivity index (χ0n) is 13.1. The normalized spacial score (nSPS) is 10.3. The van der Waals surface area contributed by atoms with Gasteiger partial charge in [0.15, 0.2) is 18.1 Å². The zero-order valence-corrected chi connectivity index (χ0v) is 13.8. The Balaban J connectivity index is 1.97. The lowest BCUT2D eigenvalue weighted by Crippen LogP contribution is -2.21. The molecule has 0 heterocycles. The summed E-state index contributed by atoms with van der Waals surface area (Å²) in [6.07, 6.45) is 0. The number of rotatable bonds is 4. The third-order valence-electron chi connectivity index (χ3n) is 3.36. The minimum absolute atomic E-state index is 0.218. The monoisotopic (exact) mass is 349 g/mol. The highest BCUT2D eigenvalue weighted by atomic mass is 35.5. The summed E-state index contributed by atoms with van der Waals surface area (Å²) in [5.74, 6) is -2.45. The minimum Gasteiger partial charge on any atom is -0.504 e. The van der Waals surface area contributed by atoms with Gasteiger partial charge in [0.25, 0.3) is 5.91 Å². The maximum Gasteiger partial charge on any atom is 0.342 e. The van der Waals surface area contributed by atoms with E-state index < -0.39 is 30.0 Å². The highest BCUT2D eigenvalue weighted by molar-refractivity contribution is 6.31. The van der Waals surface area contributed by atoms with Crippen LogP contribution in [0, 0.1) is 13.8 Å². The van der Waals surface area contributed by atoms with Gasteiger partial charge in [-0.15, -0.1) is 0 Å². The molecule has 0 saturated carbocycles. The fraction of sp³-hybridized carbons (Fsp3) is 0.176. The third-order valence-corrected chi connectivity index (χ3v) is 3.77. The van der Waals surface area contributed by atoms with Crippen molar-refractivity contribution in [3.05, 3.63) is 52.0 Å².